The van der Waals surface area contributed by atoms with Gasteiger partial charge >= 0.3 is 5.91 Å². The molecule has 1 aliphatic heterocycles. The first-order valence-corrected chi connectivity index (χ1v) is 9.74. The van der Waals surface area contributed by atoms with Crippen LogP contribution in [0.1, 0.15) is 15.9 Å². The molecule has 0 saturated heterocycles. The predicted molar refractivity (Wildman–Crippen MR) is 118 cm³/mol. The number of imidazole rings is 1. The van der Waals surface area contributed by atoms with Gasteiger partial charge in [-0.05, 0) is 48.0 Å². The Labute approximate surface area is 177 Å². The minimum Gasteiger partial charge on any atom is -0.381 e. The summed E-state index contributed by atoms with van der Waals surface area (Å²) in [5.41, 5.74) is 3.66. The van der Waals surface area contributed by atoms with Crippen LogP contribution in [0.3, 0.4) is 0 Å². The highest BCUT2D eigenvalue weighted by Crippen LogP contribution is 2.31. The fourth-order valence-corrected chi connectivity index (χ4v) is 3.58. The van der Waals surface area contributed by atoms with Crippen molar-refractivity contribution in [2.45, 2.75) is 0 Å². The minimum atomic E-state index is -0.836. The molecule has 1 amide bonds. The van der Waals surface area contributed by atoms with Gasteiger partial charge in [0.2, 0.25) is 5.95 Å². The summed E-state index contributed by atoms with van der Waals surface area (Å²) in [6.45, 7) is 0.719. The Morgan fingerprint density at radius 2 is 1.87 bits per heavy atom. The van der Waals surface area contributed by atoms with E-state index in [1.807, 2.05) is 48.6 Å². The van der Waals surface area contributed by atoms with Gasteiger partial charge in [0.15, 0.2) is 0 Å². The van der Waals surface area contributed by atoms with Gasteiger partial charge in [-0.3, -0.25) is 9.59 Å². The Bertz CT molecular complexity index is 1330. The number of nitrogens with zero attached hydrogens (tertiary/aromatic N) is 2. The zero-order chi connectivity index (χ0) is 21.4. The quantitative estimate of drug-likeness (QED) is 0.377. The summed E-state index contributed by atoms with van der Waals surface area (Å²) in [6.07, 6.45) is 3.92. The van der Waals surface area contributed by atoms with E-state index in [0.29, 0.717) is 11.2 Å². The zero-order valence-electron chi connectivity index (χ0n) is 16.3. The van der Waals surface area contributed by atoms with E-state index in [0.717, 1.165) is 29.4 Å². The van der Waals surface area contributed by atoms with Crippen molar-refractivity contribution in [2.75, 3.05) is 16.8 Å². The molecular weight excluding hydrogens is 395 g/mol. The van der Waals surface area contributed by atoms with E-state index in [9.17, 15) is 14.0 Å². The van der Waals surface area contributed by atoms with E-state index >= 15 is 0 Å². The molecule has 0 spiro atoms. The van der Waals surface area contributed by atoms with Gasteiger partial charge in [0, 0.05) is 17.8 Å². The molecule has 7 heteroatoms. The summed E-state index contributed by atoms with van der Waals surface area (Å²) in [4.78, 5) is 35.2. The average molecular weight is 412 g/mol. The Hall–Kier alpha value is -4.26. The number of para-hydroxylation sites is 2. The monoisotopic (exact) mass is 412 g/mol. The standard InChI is InChI=1S/C24H17FN4O2/c25-17-7-3-5-16(13-17)22(30)23(31)29(24-27-20-8-1-2-9-21(20)28-24)18-10-11-19-15(14-18)6-4-12-26-19/h1-11,13-14,26H,12H2,(H,27,28). The van der Waals surface area contributed by atoms with Gasteiger partial charge < -0.3 is 10.3 Å². The number of fused-ring (bicyclic) bond motifs is 2. The molecule has 1 aromatic heterocycles. The van der Waals surface area contributed by atoms with Crippen molar-refractivity contribution in [1.82, 2.24) is 9.97 Å². The summed E-state index contributed by atoms with van der Waals surface area (Å²) in [5, 5.41) is 3.25. The van der Waals surface area contributed by atoms with Gasteiger partial charge in [0.1, 0.15) is 5.82 Å². The number of amides is 1. The zero-order valence-corrected chi connectivity index (χ0v) is 16.3. The van der Waals surface area contributed by atoms with Crippen LogP contribution < -0.4 is 10.2 Å². The third-order valence-corrected chi connectivity index (χ3v) is 5.07. The molecule has 0 radical (unpaired) electrons. The maximum atomic E-state index is 13.7. The molecule has 0 bridgehead atoms. The fourth-order valence-electron chi connectivity index (χ4n) is 3.58. The van der Waals surface area contributed by atoms with E-state index in [1.165, 1.54) is 23.1 Å². The third-order valence-electron chi connectivity index (χ3n) is 5.07. The Morgan fingerprint density at radius 3 is 2.71 bits per heavy atom. The lowest BCUT2D eigenvalue weighted by Gasteiger charge is -2.22. The number of anilines is 3. The van der Waals surface area contributed by atoms with Crippen molar-refractivity contribution in [3.63, 3.8) is 0 Å². The average Bonchev–Trinajstić information content (AvgIpc) is 3.22. The van der Waals surface area contributed by atoms with Gasteiger partial charge in [0.05, 0.1) is 16.7 Å². The smallest absolute Gasteiger partial charge is 0.306 e. The number of carbonyl (C=O) groups excluding carboxylic acids is 2. The van der Waals surface area contributed by atoms with Crippen molar-refractivity contribution >= 4 is 46.1 Å². The molecule has 0 atom stereocenters. The number of ketones is 1. The van der Waals surface area contributed by atoms with E-state index in [4.69, 9.17) is 0 Å². The number of halogens is 1. The van der Waals surface area contributed by atoms with Crippen LogP contribution in [0.5, 0.6) is 0 Å². The summed E-state index contributed by atoms with van der Waals surface area (Å²) in [6, 6.07) is 17.8. The molecule has 31 heavy (non-hydrogen) atoms. The molecule has 152 valence electrons. The van der Waals surface area contributed by atoms with Crippen LogP contribution in [0.2, 0.25) is 0 Å². The van der Waals surface area contributed by atoms with Crippen molar-refractivity contribution in [3.8, 4) is 0 Å². The second-order valence-corrected chi connectivity index (χ2v) is 7.11. The molecule has 5 rings (SSSR count). The third kappa shape index (κ3) is 3.46. The molecular formula is C24H17FN4O2. The largest absolute Gasteiger partial charge is 0.381 e. The number of benzene rings is 3. The van der Waals surface area contributed by atoms with Crippen molar-refractivity contribution in [2.24, 2.45) is 0 Å². The number of nitrogens with one attached hydrogen (secondary N) is 2. The van der Waals surface area contributed by atoms with Crippen molar-refractivity contribution in [3.05, 3.63) is 89.8 Å². The van der Waals surface area contributed by atoms with Crippen molar-refractivity contribution < 1.29 is 14.0 Å². The highest BCUT2D eigenvalue weighted by atomic mass is 19.1. The van der Waals surface area contributed by atoms with Gasteiger partial charge in [-0.25, -0.2) is 14.3 Å². The van der Waals surface area contributed by atoms with Crippen LogP contribution in [-0.2, 0) is 4.79 Å². The maximum absolute atomic E-state index is 13.7. The van der Waals surface area contributed by atoms with E-state index < -0.39 is 17.5 Å². The lowest BCUT2D eigenvalue weighted by atomic mass is 10.1. The second-order valence-electron chi connectivity index (χ2n) is 7.11. The van der Waals surface area contributed by atoms with Crippen LogP contribution in [0.4, 0.5) is 21.7 Å². The summed E-state index contributed by atoms with van der Waals surface area (Å²) < 4.78 is 13.7. The van der Waals surface area contributed by atoms with Crippen LogP contribution in [0.15, 0.2) is 72.8 Å². The molecule has 3 aromatic carbocycles. The van der Waals surface area contributed by atoms with Crippen LogP contribution in [-0.4, -0.2) is 28.2 Å². The lowest BCUT2D eigenvalue weighted by Crippen LogP contribution is -2.33. The molecule has 0 unspecified atom stereocenters. The fraction of sp³-hybridized carbons (Fsp3) is 0.0417. The first-order chi connectivity index (χ1) is 15.1. The SMILES string of the molecule is O=C(C(=O)N(c1ccc2c(c1)C=CCN2)c1nc2ccccc2[nH]1)c1cccc(F)c1. The van der Waals surface area contributed by atoms with Gasteiger partial charge in [-0.15, -0.1) is 0 Å². The minimum absolute atomic E-state index is 0.0226. The van der Waals surface area contributed by atoms with E-state index in [-0.39, 0.29) is 11.5 Å². The van der Waals surface area contributed by atoms with Crippen molar-refractivity contribution in [1.29, 1.82) is 0 Å². The number of aromatic nitrogens is 2. The summed E-state index contributed by atoms with van der Waals surface area (Å²) in [5.74, 6) is -2.04. The van der Waals surface area contributed by atoms with Crippen LogP contribution >= 0.6 is 0 Å². The normalized spacial score (nSPS) is 12.3. The number of rotatable bonds is 4. The number of H-pyrrole nitrogens is 1. The van der Waals surface area contributed by atoms with Crippen LogP contribution in [0.25, 0.3) is 17.1 Å². The first kappa shape index (κ1) is 18.7. The molecule has 1 aliphatic rings. The van der Waals surface area contributed by atoms with Gasteiger partial charge in [-0.1, -0.05) is 36.4 Å². The van der Waals surface area contributed by atoms with Gasteiger partial charge in [0.25, 0.3) is 5.78 Å². The maximum Gasteiger partial charge on any atom is 0.306 e. The number of hydrogen-bond donors (Lipinski definition) is 2. The topological polar surface area (TPSA) is 78.1 Å². The summed E-state index contributed by atoms with van der Waals surface area (Å²) >= 11 is 0. The molecule has 6 nitrogen and oxygen atoms in total. The molecule has 2 N–H and O–H groups in total. The molecule has 2 heterocycles. The lowest BCUT2D eigenvalue weighted by molar-refractivity contribution is -0.114. The summed E-state index contributed by atoms with van der Waals surface area (Å²) in [7, 11) is 0. The molecule has 4 aromatic rings. The molecule has 0 saturated carbocycles. The number of aromatic amines is 1. The van der Waals surface area contributed by atoms with E-state index in [1.54, 1.807) is 6.07 Å². The van der Waals surface area contributed by atoms with Crippen LogP contribution in [0, 0.1) is 5.82 Å². The van der Waals surface area contributed by atoms with E-state index in [2.05, 4.69) is 15.3 Å². The first-order valence-electron chi connectivity index (χ1n) is 9.74. The highest BCUT2D eigenvalue weighted by Gasteiger charge is 2.29. The Balaban J connectivity index is 1.63. The molecule has 0 aliphatic carbocycles. The number of hydrogen-bond acceptors (Lipinski definition) is 4. The Kier molecular flexibility index (Phi) is 4.55. The number of carbonyl (C=O) groups is 2. The molecule has 0 fully saturated rings. The number of Topliss-reactive ketones (excluding diaryl/α,β-unsaturated/α-hetero) is 1. The highest BCUT2D eigenvalue weighted by molar-refractivity contribution is 6.48. The predicted octanol–water partition coefficient (Wildman–Crippen LogP) is 4.69. The second kappa shape index (κ2) is 7.53. The van der Waals surface area contributed by atoms with Gasteiger partial charge in [-0.2, -0.15) is 0 Å². The Morgan fingerprint density at radius 1 is 1.00 bits per heavy atom.